The van der Waals surface area contributed by atoms with Gasteiger partial charge in [-0.05, 0) is 56.5 Å². The molecule has 1 atom stereocenters. The van der Waals surface area contributed by atoms with Gasteiger partial charge in [-0.2, -0.15) is 0 Å². The Labute approximate surface area is 161 Å². The number of hydrogen-bond donors (Lipinski definition) is 1. The first kappa shape index (κ1) is 18.2. The van der Waals surface area contributed by atoms with E-state index in [9.17, 15) is 5.11 Å². The van der Waals surface area contributed by atoms with Gasteiger partial charge in [0.05, 0.1) is 6.10 Å². The van der Waals surface area contributed by atoms with Crippen molar-refractivity contribution in [3.05, 3.63) is 64.6 Å². The lowest BCUT2D eigenvalue weighted by Gasteiger charge is -2.29. The standard InChI is InChI=1S/C23H29N3O/c1-16-4-7-22-20(12-16)21-15-25(14-18(3)27)10-9-23(21)26(22)11-8-19-6-5-17(2)24-13-19/h4-7,12-13,18,27H,8-11,14-15H2,1-3H3/t18-/m1/s1. The molecule has 27 heavy (non-hydrogen) atoms. The maximum absolute atomic E-state index is 9.79. The number of rotatable bonds is 5. The van der Waals surface area contributed by atoms with Gasteiger partial charge < -0.3 is 9.67 Å². The van der Waals surface area contributed by atoms with E-state index in [2.05, 4.69) is 51.7 Å². The zero-order valence-electron chi connectivity index (χ0n) is 16.6. The zero-order valence-corrected chi connectivity index (χ0v) is 16.6. The topological polar surface area (TPSA) is 41.3 Å². The number of fused-ring (bicyclic) bond motifs is 3. The molecular weight excluding hydrogens is 334 g/mol. The van der Waals surface area contributed by atoms with Crippen LogP contribution in [0, 0.1) is 13.8 Å². The molecule has 142 valence electrons. The van der Waals surface area contributed by atoms with E-state index in [-0.39, 0.29) is 6.10 Å². The van der Waals surface area contributed by atoms with Crippen LogP contribution in [-0.4, -0.2) is 38.8 Å². The average Bonchev–Trinajstić information content (AvgIpc) is 2.93. The van der Waals surface area contributed by atoms with Gasteiger partial charge in [0.15, 0.2) is 0 Å². The van der Waals surface area contributed by atoms with Gasteiger partial charge in [-0.3, -0.25) is 9.88 Å². The molecule has 0 aliphatic carbocycles. The molecule has 0 bridgehead atoms. The summed E-state index contributed by atoms with van der Waals surface area (Å²) < 4.78 is 2.52. The second kappa shape index (κ2) is 7.45. The first-order valence-corrected chi connectivity index (χ1v) is 9.94. The lowest BCUT2D eigenvalue weighted by Crippen LogP contribution is -2.36. The molecule has 4 heteroatoms. The fourth-order valence-corrected chi connectivity index (χ4v) is 4.29. The number of aliphatic hydroxyl groups excluding tert-OH is 1. The molecule has 0 unspecified atom stereocenters. The van der Waals surface area contributed by atoms with Crippen LogP contribution in [0.3, 0.4) is 0 Å². The number of nitrogens with zero attached hydrogens (tertiary/aromatic N) is 3. The van der Waals surface area contributed by atoms with Gasteiger partial charge in [0.25, 0.3) is 0 Å². The Kier molecular flexibility index (Phi) is 5.02. The van der Waals surface area contributed by atoms with Crippen LogP contribution in [0.1, 0.15) is 35.0 Å². The number of β-amino-alcohol motifs (C(OH)–C–C–N with tert-alkyl or cyclic N) is 1. The van der Waals surface area contributed by atoms with Crippen LogP contribution in [0.25, 0.3) is 10.9 Å². The highest BCUT2D eigenvalue weighted by Crippen LogP contribution is 2.32. The van der Waals surface area contributed by atoms with Gasteiger partial charge >= 0.3 is 0 Å². The summed E-state index contributed by atoms with van der Waals surface area (Å²) in [6.45, 7) is 9.73. The van der Waals surface area contributed by atoms with Crippen molar-refractivity contribution in [3.63, 3.8) is 0 Å². The predicted molar refractivity (Wildman–Crippen MR) is 110 cm³/mol. The Morgan fingerprint density at radius 3 is 2.78 bits per heavy atom. The number of hydrogen-bond acceptors (Lipinski definition) is 3. The minimum atomic E-state index is -0.282. The van der Waals surface area contributed by atoms with Crippen molar-refractivity contribution in [2.75, 3.05) is 13.1 Å². The van der Waals surface area contributed by atoms with E-state index in [1.165, 1.54) is 33.3 Å². The summed E-state index contributed by atoms with van der Waals surface area (Å²) in [5.74, 6) is 0. The SMILES string of the molecule is Cc1ccc2c(c1)c1c(n2CCc2ccc(C)nc2)CCN(C[C@@H](C)O)C1. The molecule has 2 aromatic heterocycles. The monoisotopic (exact) mass is 363 g/mol. The molecule has 0 saturated carbocycles. The summed E-state index contributed by atoms with van der Waals surface area (Å²) in [4.78, 5) is 6.82. The molecule has 4 rings (SSSR count). The average molecular weight is 364 g/mol. The van der Waals surface area contributed by atoms with Crippen molar-refractivity contribution in [2.45, 2.75) is 52.8 Å². The quantitative estimate of drug-likeness (QED) is 0.752. The van der Waals surface area contributed by atoms with Crippen LogP contribution < -0.4 is 0 Å². The van der Waals surface area contributed by atoms with Crippen molar-refractivity contribution in [1.29, 1.82) is 0 Å². The van der Waals surface area contributed by atoms with E-state index in [4.69, 9.17) is 0 Å². The summed E-state index contributed by atoms with van der Waals surface area (Å²) in [5, 5.41) is 11.2. The van der Waals surface area contributed by atoms with Crippen molar-refractivity contribution in [1.82, 2.24) is 14.5 Å². The third-order valence-electron chi connectivity index (χ3n) is 5.61. The van der Waals surface area contributed by atoms with Crippen LogP contribution in [0.2, 0.25) is 0 Å². The Hall–Kier alpha value is -2.17. The van der Waals surface area contributed by atoms with E-state index in [0.29, 0.717) is 0 Å². The molecule has 1 aromatic carbocycles. The predicted octanol–water partition coefficient (Wildman–Crippen LogP) is 3.63. The second-order valence-electron chi connectivity index (χ2n) is 7.99. The zero-order chi connectivity index (χ0) is 19.0. The van der Waals surface area contributed by atoms with Gasteiger partial charge in [-0.15, -0.1) is 0 Å². The third-order valence-corrected chi connectivity index (χ3v) is 5.61. The minimum absolute atomic E-state index is 0.282. The molecule has 1 aliphatic heterocycles. The molecule has 3 heterocycles. The molecule has 0 saturated heterocycles. The van der Waals surface area contributed by atoms with Crippen molar-refractivity contribution < 1.29 is 5.11 Å². The first-order chi connectivity index (χ1) is 13.0. The molecule has 0 spiro atoms. The highest BCUT2D eigenvalue weighted by molar-refractivity contribution is 5.86. The highest BCUT2D eigenvalue weighted by atomic mass is 16.3. The van der Waals surface area contributed by atoms with E-state index >= 15 is 0 Å². The van der Waals surface area contributed by atoms with Crippen molar-refractivity contribution in [2.24, 2.45) is 0 Å². The largest absolute Gasteiger partial charge is 0.392 e. The molecule has 4 nitrogen and oxygen atoms in total. The number of aliphatic hydroxyl groups is 1. The Bertz CT molecular complexity index is 940. The van der Waals surface area contributed by atoms with E-state index in [1.807, 2.05) is 20.0 Å². The molecule has 1 aliphatic rings. The molecule has 0 amide bonds. The maximum Gasteiger partial charge on any atom is 0.0639 e. The number of benzene rings is 1. The minimum Gasteiger partial charge on any atom is -0.392 e. The summed E-state index contributed by atoms with van der Waals surface area (Å²) in [5.41, 5.74) is 7.91. The molecular formula is C23H29N3O. The summed E-state index contributed by atoms with van der Waals surface area (Å²) in [7, 11) is 0. The van der Waals surface area contributed by atoms with E-state index < -0.39 is 0 Å². The highest BCUT2D eigenvalue weighted by Gasteiger charge is 2.24. The summed E-state index contributed by atoms with van der Waals surface area (Å²) in [6, 6.07) is 11.1. The van der Waals surface area contributed by atoms with Gasteiger partial charge in [0.1, 0.15) is 0 Å². The van der Waals surface area contributed by atoms with Crippen LogP contribution in [0.15, 0.2) is 36.5 Å². The summed E-state index contributed by atoms with van der Waals surface area (Å²) >= 11 is 0. The van der Waals surface area contributed by atoms with E-state index in [0.717, 1.165) is 44.7 Å². The second-order valence-corrected chi connectivity index (χ2v) is 7.99. The number of pyridine rings is 1. The smallest absolute Gasteiger partial charge is 0.0639 e. The van der Waals surface area contributed by atoms with Gasteiger partial charge in [0.2, 0.25) is 0 Å². The van der Waals surface area contributed by atoms with E-state index in [1.54, 1.807) is 0 Å². The maximum atomic E-state index is 9.79. The van der Waals surface area contributed by atoms with Crippen LogP contribution in [-0.2, 0) is 25.9 Å². The first-order valence-electron chi connectivity index (χ1n) is 9.94. The van der Waals surface area contributed by atoms with Crippen LogP contribution in [0.4, 0.5) is 0 Å². The van der Waals surface area contributed by atoms with Crippen molar-refractivity contribution in [3.8, 4) is 0 Å². The molecule has 1 N–H and O–H groups in total. The molecule has 3 aromatic rings. The van der Waals surface area contributed by atoms with Gasteiger partial charge in [-0.1, -0.05) is 17.7 Å². The Balaban J connectivity index is 1.67. The van der Waals surface area contributed by atoms with Crippen LogP contribution >= 0.6 is 0 Å². The van der Waals surface area contributed by atoms with Crippen molar-refractivity contribution >= 4 is 10.9 Å². The molecule has 0 fully saturated rings. The molecule has 0 radical (unpaired) electrons. The number of aryl methyl sites for hydroxylation is 4. The third kappa shape index (κ3) is 3.78. The fraction of sp³-hybridized carbons (Fsp3) is 0.435. The lowest BCUT2D eigenvalue weighted by atomic mass is 10.0. The normalized spacial score (nSPS) is 15.9. The Morgan fingerprint density at radius 2 is 2.04 bits per heavy atom. The number of aromatic nitrogens is 2. The fourth-order valence-electron chi connectivity index (χ4n) is 4.29. The van der Waals surface area contributed by atoms with Gasteiger partial charge in [-0.25, -0.2) is 0 Å². The van der Waals surface area contributed by atoms with Crippen LogP contribution in [0.5, 0.6) is 0 Å². The lowest BCUT2D eigenvalue weighted by molar-refractivity contribution is 0.118. The summed E-state index contributed by atoms with van der Waals surface area (Å²) in [6.07, 6.45) is 3.76. The Morgan fingerprint density at radius 1 is 1.19 bits per heavy atom. The van der Waals surface area contributed by atoms with Gasteiger partial charge in [0, 0.05) is 61.1 Å².